The summed E-state index contributed by atoms with van der Waals surface area (Å²) in [5.74, 6) is 0.475. The predicted molar refractivity (Wildman–Crippen MR) is 78.7 cm³/mol. The largest absolute Gasteiger partial charge is 0.423 e. The van der Waals surface area contributed by atoms with Crippen LogP contribution in [0.3, 0.4) is 0 Å². The van der Waals surface area contributed by atoms with Crippen molar-refractivity contribution in [2.24, 2.45) is 0 Å². The average Bonchev–Trinajstić information content (AvgIpc) is 3.14. The van der Waals surface area contributed by atoms with Gasteiger partial charge in [-0.15, -0.1) is 10.2 Å². The molecule has 6 nitrogen and oxygen atoms in total. The Morgan fingerprint density at radius 2 is 2.43 bits per heavy atom. The molecule has 2 aromatic rings. The fourth-order valence-electron chi connectivity index (χ4n) is 2.54. The van der Waals surface area contributed by atoms with E-state index in [2.05, 4.69) is 20.8 Å². The molecular weight excluding hydrogens is 268 g/mol. The topological polar surface area (TPSA) is 80.1 Å². The van der Waals surface area contributed by atoms with Crippen molar-refractivity contribution in [3.05, 3.63) is 30.2 Å². The number of hydrogen-bond acceptors (Lipinski definition) is 5. The van der Waals surface area contributed by atoms with Crippen LogP contribution in [0.4, 0.5) is 5.69 Å². The number of carbonyl (C=O) groups excluding carboxylic acids is 1. The van der Waals surface area contributed by atoms with Gasteiger partial charge in [-0.1, -0.05) is 6.07 Å². The van der Waals surface area contributed by atoms with Crippen LogP contribution in [-0.4, -0.2) is 28.7 Å². The Morgan fingerprint density at radius 1 is 1.52 bits per heavy atom. The monoisotopic (exact) mass is 286 g/mol. The minimum atomic E-state index is 0.0279. The molecule has 1 fully saturated rings. The Morgan fingerprint density at radius 3 is 3.14 bits per heavy atom. The number of amides is 1. The molecule has 1 aromatic carbocycles. The van der Waals surface area contributed by atoms with Gasteiger partial charge in [-0.3, -0.25) is 4.79 Å². The van der Waals surface area contributed by atoms with Crippen LogP contribution in [0.15, 0.2) is 29.0 Å². The number of anilines is 1. The second-order valence-electron chi connectivity index (χ2n) is 5.32. The molecule has 0 radical (unpaired) electrons. The first-order valence-corrected chi connectivity index (χ1v) is 7.13. The van der Waals surface area contributed by atoms with E-state index in [-0.39, 0.29) is 5.91 Å². The molecule has 1 unspecified atom stereocenters. The Bertz CT molecular complexity index is 619. The number of aryl methyl sites for hydroxylation is 1. The van der Waals surface area contributed by atoms with Crippen molar-refractivity contribution in [3.63, 3.8) is 0 Å². The first-order chi connectivity index (χ1) is 10.2. The summed E-state index contributed by atoms with van der Waals surface area (Å²) in [4.78, 5) is 12.1. The summed E-state index contributed by atoms with van der Waals surface area (Å²) in [6.45, 7) is 2.96. The number of hydrogen-bond donors (Lipinski definition) is 2. The Labute approximate surface area is 123 Å². The highest BCUT2D eigenvalue weighted by atomic mass is 16.4. The Balaban J connectivity index is 1.72. The number of aromatic nitrogens is 2. The van der Waals surface area contributed by atoms with Crippen LogP contribution >= 0.6 is 0 Å². The van der Waals surface area contributed by atoms with Gasteiger partial charge >= 0.3 is 0 Å². The highest BCUT2D eigenvalue weighted by molar-refractivity contribution is 5.92. The molecular formula is C15H18N4O2. The fourth-order valence-corrected chi connectivity index (χ4v) is 2.54. The third-order valence-electron chi connectivity index (χ3n) is 3.71. The van der Waals surface area contributed by atoms with Crippen molar-refractivity contribution in [2.75, 3.05) is 11.9 Å². The van der Waals surface area contributed by atoms with Gasteiger partial charge in [-0.25, -0.2) is 0 Å². The zero-order valence-electron chi connectivity index (χ0n) is 11.9. The molecule has 1 aromatic heterocycles. The van der Waals surface area contributed by atoms with Crippen LogP contribution in [-0.2, 0) is 4.79 Å². The van der Waals surface area contributed by atoms with E-state index in [1.54, 1.807) is 0 Å². The number of nitrogens with zero attached hydrogens (tertiary/aromatic N) is 2. The second kappa shape index (κ2) is 6.05. The van der Waals surface area contributed by atoms with Crippen molar-refractivity contribution >= 4 is 11.6 Å². The van der Waals surface area contributed by atoms with E-state index in [4.69, 9.17) is 4.42 Å². The molecule has 21 heavy (non-hydrogen) atoms. The van der Waals surface area contributed by atoms with Crippen LogP contribution in [0.5, 0.6) is 0 Å². The van der Waals surface area contributed by atoms with E-state index >= 15 is 0 Å². The van der Waals surface area contributed by atoms with E-state index in [1.807, 2.05) is 25.1 Å². The SMILES string of the molecule is Cc1ccc(-c2nnco2)cc1NC(=O)CC1CCCN1. The van der Waals surface area contributed by atoms with E-state index < -0.39 is 0 Å². The van der Waals surface area contributed by atoms with Gasteiger partial charge < -0.3 is 15.1 Å². The maximum absolute atomic E-state index is 12.1. The van der Waals surface area contributed by atoms with E-state index in [0.717, 1.165) is 36.2 Å². The van der Waals surface area contributed by atoms with Gasteiger partial charge in [0.25, 0.3) is 0 Å². The first-order valence-electron chi connectivity index (χ1n) is 7.13. The number of nitrogens with one attached hydrogen (secondary N) is 2. The van der Waals surface area contributed by atoms with E-state index in [9.17, 15) is 4.79 Å². The molecule has 3 rings (SSSR count). The summed E-state index contributed by atoms with van der Waals surface area (Å²) in [6, 6.07) is 5.99. The molecule has 0 bridgehead atoms. The number of benzene rings is 1. The third kappa shape index (κ3) is 3.28. The maximum atomic E-state index is 12.1. The van der Waals surface area contributed by atoms with Crippen LogP contribution in [0.25, 0.3) is 11.5 Å². The average molecular weight is 286 g/mol. The van der Waals surface area contributed by atoms with Crippen LogP contribution in [0, 0.1) is 6.92 Å². The summed E-state index contributed by atoms with van der Waals surface area (Å²) in [5.41, 5.74) is 2.59. The normalized spacial score (nSPS) is 17.9. The minimum absolute atomic E-state index is 0.0279. The third-order valence-corrected chi connectivity index (χ3v) is 3.71. The van der Waals surface area contributed by atoms with Crippen LogP contribution in [0.2, 0.25) is 0 Å². The summed E-state index contributed by atoms with van der Waals surface area (Å²) < 4.78 is 5.18. The lowest BCUT2D eigenvalue weighted by molar-refractivity contribution is -0.116. The summed E-state index contributed by atoms with van der Waals surface area (Å²) >= 11 is 0. The highest BCUT2D eigenvalue weighted by Crippen LogP contribution is 2.24. The van der Waals surface area contributed by atoms with Crippen molar-refractivity contribution < 1.29 is 9.21 Å². The van der Waals surface area contributed by atoms with Crippen molar-refractivity contribution in [3.8, 4) is 11.5 Å². The molecule has 0 spiro atoms. The van der Waals surface area contributed by atoms with Gasteiger partial charge in [0, 0.05) is 23.7 Å². The first kappa shape index (κ1) is 13.8. The summed E-state index contributed by atoms with van der Waals surface area (Å²) in [7, 11) is 0. The van der Waals surface area contributed by atoms with E-state index in [1.165, 1.54) is 6.39 Å². The molecule has 1 aliphatic heterocycles. The molecule has 6 heteroatoms. The lowest BCUT2D eigenvalue weighted by Crippen LogP contribution is -2.27. The molecule has 110 valence electrons. The van der Waals surface area contributed by atoms with Gasteiger partial charge in [0.05, 0.1) is 0 Å². The molecule has 0 aliphatic carbocycles. The Kier molecular flexibility index (Phi) is 3.96. The Hall–Kier alpha value is -2.21. The minimum Gasteiger partial charge on any atom is -0.423 e. The highest BCUT2D eigenvalue weighted by Gasteiger charge is 2.18. The van der Waals surface area contributed by atoms with Crippen LogP contribution < -0.4 is 10.6 Å². The van der Waals surface area contributed by atoms with Gasteiger partial charge in [-0.05, 0) is 44.0 Å². The maximum Gasteiger partial charge on any atom is 0.247 e. The zero-order chi connectivity index (χ0) is 14.7. The van der Waals surface area contributed by atoms with Crippen molar-refractivity contribution in [2.45, 2.75) is 32.2 Å². The second-order valence-corrected chi connectivity index (χ2v) is 5.32. The molecule has 1 atom stereocenters. The number of carbonyl (C=O) groups is 1. The zero-order valence-corrected chi connectivity index (χ0v) is 11.9. The lowest BCUT2D eigenvalue weighted by atomic mass is 10.1. The van der Waals surface area contributed by atoms with Gasteiger partial charge in [0.15, 0.2) is 0 Å². The molecule has 2 heterocycles. The number of rotatable bonds is 4. The van der Waals surface area contributed by atoms with Crippen molar-refractivity contribution in [1.29, 1.82) is 0 Å². The van der Waals surface area contributed by atoms with E-state index in [0.29, 0.717) is 18.4 Å². The summed E-state index contributed by atoms with van der Waals surface area (Å²) in [6.07, 6.45) is 4.00. The molecule has 1 amide bonds. The van der Waals surface area contributed by atoms with Crippen LogP contribution in [0.1, 0.15) is 24.8 Å². The molecule has 1 saturated heterocycles. The predicted octanol–water partition coefficient (Wildman–Crippen LogP) is 2.13. The quantitative estimate of drug-likeness (QED) is 0.900. The molecule has 0 saturated carbocycles. The van der Waals surface area contributed by atoms with Gasteiger partial charge in [0.1, 0.15) is 0 Å². The summed E-state index contributed by atoms with van der Waals surface area (Å²) in [5, 5.41) is 13.8. The fraction of sp³-hybridized carbons (Fsp3) is 0.400. The smallest absolute Gasteiger partial charge is 0.247 e. The molecule has 2 N–H and O–H groups in total. The van der Waals surface area contributed by atoms with Gasteiger partial charge in [0.2, 0.25) is 18.2 Å². The van der Waals surface area contributed by atoms with Crippen molar-refractivity contribution in [1.82, 2.24) is 15.5 Å². The molecule has 1 aliphatic rings. The lowest BCUT2D eigenvalue weighted by Gasteiger charge is -2.12. The standard InChI is InChI=1S/C15H18N4O2/c1-10-4-5-11(15-19-17-9-21-15)7-13(10)18-14(20)8-12-3-2-6-16-12/h4-5,7,9,12,16H,2-3,6,8H2,1H3,(H,18,20). The van der Waals surface area contributed by atoms with Gasteiger partial charge in [-0.2, -0.15) is 0 Å².